The van der Waals surface area contributed by atoms with Crippen molar-refractivity contribution < 1.29 is 9.50 Å². The molecule has 0 unspecified atom stereocenters. The largest absolute Gasteiger partial charge is 0.492 e. The Morgan fingerprint density at radius 2 is 2.04 bits per heavy atom. The maximum Gasteiger partial charge on any atom is 0.230 e. The molecule has 1 aliphatic rings. The van der Waals surface area contributed by atoms with Gasteiger partial charge in [-0.15, -0.1) is 0 Å². The fourth-order valence-corrected chi connectivity index (χ4v) is 4.34. The minimum absolute atomic E-state index is 0.0994. The number of fused-ring (bicyclic) bond motifs is 1. The van der Waals surface area contributed by atoms with Crippen LogP contribution in [0.15, 0.2) is 30.6 Å². The molecule has 5 nitrogen and oxygen atoms in total. The second kappa shape index (κ2) is 5.90. The first kappa shape index (κ1) is 14.6. The number of rotatable bonds is 3. The van der Waals surface area contributed by atoms with Crippen LogP contribution in [0.2, 0.25) is 0 Å². The summed E-state index contributed by atoms with van der Waals surface area (Å²) in [6.07, 6.45) is 4.88. The molecule has 1 N–H and O–H groups in total. The normalized spacial score (nSPS) is 17.6. The van der Waals surface area contributed by atoms with Crippen molar-refractivity contribution in [2.45, 2.75) is 25.3 Å². The molecule has 2 aromatic heterocycles. The fraction of sp³-hybridized carbons (Fsp3) is 0.375. The van der Waals surface area contributed by atoms with Crippen LogP contribution in [0.4, 0.5) is 4.39 Å². The summed E-state index contributed by atoms with van der Waals surface area (Å²) < 4.78 is 15.2. The number of hydrogen-bond acceptors (Lipinski definition) is 5. The van der Waals surface area contributed by atoms with Crippen molar-refractivity contribution in [1.82, 2.24) is 19.5 Å². The van der Waals surface area contributed by atoms with Gasteiger partial charge in [0.2, 0.25) is 10.8 Å². The second-order valence-corrected chi connectivity index (χ2v) is 6.81. The van der Waals surface area contributed by atoms with E-state index in [4.69, 9.17) is 0 Å². The number of likely N-dealkylation sites (tertiary alicyclic amines) is 1. The molecule has 0 amide bonds. The van der Waals surface area contributed by atoms with Gasteiger partial charge in [-0.25, -0.2) is 9.37 Å². The van der Waals surface area contributed by atoms with Gasteiger partial charge >= 0.3 is 0 Å². The first-order valence-corrected chi connectivity index (χ1v) is 8.56. The minimum Gasteiger partial charge on any atom is -0.492 e. The van der Waals surface area contributed by atoms with Crippen LogP contribution in [-0.4, -0.2) is 37.7 Å². The summed E-state index contributed by atoms with van der Waals surface area (Å²) in [5.74, 6) is -0.161. The highest BCUT2D eigenvalue weighted by atomic mass is 32.1. The van der Waals surface area contributed by atoms with E-state index >= 15 is 0 Å². The van der Waals surface area contributed by atoms with Crippen LogP contribution in [0.1, 0.15) is 35.7 Å². The average molecular weight is 332 g/mol. The Hall–Kier alpha value is -1.99. The summed E-state index contributed by atoms with van der Waals surface area (Å²) in [6.45, 7) is 1.88. The summed E-state index contributed by atoms with van der Waals surface area (Å²) in [5.41, 5.74) is 0.853. The van der Waals surface area contributed by atoms with Gasteiger partial charge in [0, 0.05) is 0 Å². The zero-order chi connectivity index (χ0) is 15.8. The smallest absolute Gasteiger partial charge is 0.230 e. The Balaban J connectivity index is 1.83. The van der Waals surface area contributed by atoms with Crippen LogP contribution < -0.4 is 0 Å². The number of hydrogen-bond donors (Lipinski definition) is 1. The molecule has 1 atom stereocenters. The molecular formula is C16H17FN4OS. The fourth-order valence-electron chi connectivity index (χ4n) is 3.25. The van der Waals surface area contributed by atoms with Crippen molar-refractivity contribution in [3.8, 4) is 5.88 Å². The predicted molar refractivity (Wildman–Crippen MR) is 86.2 cm³/mol. The minimum atomic E-state index is -0.261. The third-order valence-electron chi connectivity index (χ3n) is 4.31. The highest BCUT2D eigenvalue weighted by Crippen LogP contribution is 2.40. The van der Waals surface area contributed by atoms with Gasteiger partial charge in [0.1, 0.15) is 12.1 Å². The molecule has 3 aromatic rings. The van der Waals surface area contributed by atoms with Gasteiger partial charge in [0.05, 0.1) is 10.9 Å². The zero-order valence-corrected chi connectivity index (χ0v) is 13.3. The quantitative estimate of drug-likeness (QED) is 0.800. The van der Waals surface area contributed by atoms with Gasteiger partial charge < -0.3 is 5.11 Å². The number of benzene rings is 1. The lowest BCUT2D eigenvalue weighted by molar-refractivity contribution is 0.186. The Morgan fingerprint density at radius 3 is 2.78 bits per heavy atom. The van der Waals surface area contributed by atoms with E-state index in [2.05, 4.69) is 15.0 Å². The number of aromatic nitrogens is 3. The molecular weight excluding hydrogens is 315 g/mol. The van der Waals surface area contributed by atoms with Crippen LogP contribution in [0.25, 0.3) is 4.96 Å². The zero-order valence-electron chi connectivity index (χ0n) is 12.5. The molecule has 7 heteroatoms. The molecule has 1 fully saturated rings. The molecule has 1 aliphatic heterocycles. The van der Waals surface area contributed by atoms with Crippen molar-refractivity contribution in [2.24, 2.45) is 0 Å². The molecule has 1 aromatic carbocycles. The van der Waals surface area contributed by atoms with E-state index in [1.54, 1.807) is 12.1 Å². The Morgan fingerprint density at radius 1 is 1.22 bits per heavy atom. The Labute approximate surface area is 137 Å². The number of nitrogens with zero attached hydrogens (tertiary/aromatic N) is 4. The van der Waals surface area contributed by atoms with E-state index in [9.17, 15) is 9.50 Å². The van der Waals surface area contributed by atoms with Crippen LogP contribution in [-0.2, 0) is 0 Å². The molecule has 4 rings (SSSR count). The van der Waals surface area contributed by atoms with Crippen LogP contribution >= 0.6 is 11.3 Å². The van der Waals surface area contributed by atoms with E-state index in [-0.39, 0.29) is 17.7 Å². The van der Waals surface area contributed by atoms with Gasteiger partial charge in [-0.05, 0) is 43.6 Å². The monoisotopic (exact) mass is 332 g/mol. The third-order valence-corrected chi connectivity index (χ3v) is 5.39. The maximum absolute atomic E-state index is 13.7. The number of halogens is 1. The molecule has 0 saturated carbocycles. The van der Waals surface area contributed by atoms with Crippen LogP contribution in [0, 0.1) is 5.82 Å². The van der Waals surface area contributed by atoms with Crippen molar-refractivity contribution >= 4 is 16.3 Å². The standard InChI is InChI=1S/C16H17FN4OS/c17-12-6-4-5-11(9-12)13(20-7-2-1-3-8-20)14-15(22)21-16(23-14)18-10-19-21/h4-6,9-10,13,22H,1-3,7-8H2/t13-/m1/s1. The Bertz CT molecular complexity index is 824. The van der Waals surface area contributed by atoms with Gasteiger partial charge in [0.15, 0.2) is 0 Å². The first-order chi connectivity index (χ1) is 11.2. The van der Waals surface area contributed by atoms with Crippen molar-refractivity contribution in [3.63, 3.8) is 0 Å². The van der Waals surface area contributed by atoms with Gasteiger partial charge in [-0.2, -0.15) is 9.61 Å². The first-order valence-electron chi connectivity index (χ1n) is 7.75. The molecule has 3 heterocycles. The maximum atomic E-state index is 13.7. The number of thiazole rings is 1. The summed E-state index contributed by atoms with van der Waals surface area (Å²) in [7, 11) is 0. The van der Waals surface area contributed by atoms with Crippen molar-refractivity contribution in [1.29, 1.82) is 0 Å². The molecule has 23 heavy (non-hydrogen) atoms. The van der Waals surface area contributed by atoms with Crippen LogP contribution in [0.3, 0.4) is 0 Å². The van der Waals surface area contributed by atoms with E-state index in [0.29, 0.717) is 4.96 Å². The Kier molecular flexibility index (Phi) is 3.74. The summed E-state index contributed by atoms with van der Waals surface area (Å²) in [4.78, 5) is 7.89. The SMILES string of the molecule is Oc1c([C@@H](c2cccc(F)c2)N2CCCCC2)sc2ncnn12. The van der Waals surface area contributed by atoms with E-state index in [0.717, 1.165) is 36.4 Å². The summed E-state index contributed by atoms with van der Waals surface area (Å²) in [5, 5.41) is 14.6. The molecule has 0 bridgehead atoms. The van der Waals surface area contributed by atoms with E-state index in [1.807, 2.05) is 6.07 Å². The summed E-state index contributed by atoms with van der Waals surface area (Å²) in [6, 6.07) is 6.46. The highest BCUT2D eigenvalue weighted by molar-refractivity contribution is 7.17. The number of piperidine rings is 1. The van der Waals surface area contributed by atoms with E-state index < -0.39 is 0 Å². The third kappa shape index (κ3) is 2.60. The lowest BCUT2D eigenvalue weighted by atomic mass is 10.0. The molecule has 1 saturated heterocycles. The average Bonchev–Trinajstić information content (AvgIpc) is 3.13. The molecule has 120 valence electrons. The van der Waals surface area contributed by atoms with Gasteiger partial charge in [0.25, 0.3) is 0 Å². The van der Waals surface area contributed by atoms with Gasteiger partial charge in [-0.1, -0.05) is 29.9 Å². The molecule has 0 radical (unpaired) electrons. The lowest BCUT2D eigenvalue weighted by Crippen LogP contribution is -2.34. The van der Waals surface area contributed by atoms with E-state index in [1.165, 1.54) is 34.7 Å². The predicted octanol–water partition coefficient (Wildman–Crippen LogP) is 3.21. The van der Waals surface area contributed by atoms with Gasteiger partial charge in [-0.3, -0.25) is 4.90 Å². The van der Waals surface area contributed by atoms with Crippen LogP contribution in [0.5, 0.6) is 5.88 Å². The lowest BCUT2D eigenvalue weighted by Gasteiger charge is -2.34. The molecule has 0 spiro atoms. The highest BCUT2D eigenvalue weighted by Gasteiger charge is 2.30. The number of aromatic hydroxyl groups is 1. The van der Waals surface area contributed by atoms with Crippen molar-refractivity contribution in [2.75, 3.05) is 13.1 Å². The second-order valence-electron chi connectivity index (χ2n) is 5.80. The topological polar surface area (TPSA) is 53.7 Å². The molecule has 0 aliphatic carbocycles. The summed E-state index contributed by atoms with van der Waals surface area (Å²) >= 11 is 1.41. The van der Waals surface area contributed by atoms with Crippen molar-refractivity contribution in [3.05, 3.63) is 46.9 Å².